The molecule has 1 aliphatic rings. The largest absolute Gasteiger partial charge is 0.447 e. The molecule has 0 N–H and O–H groups in total. The molecule has 0 aliphatic carbocycles. The quantitative estimate of drug-likeness (QED) is 0.624. The van der Waals surface area contributed by atoms with Crippen molar-refractivity contribution in [3.63, 3.8) is 0 Å². The summed E-state index contributed by atoms with van der Waals surface area (Å²) in [6.45, 7) is 16.5. The van der Waals surface area contributed by atoms with Crippen molar-refractivity contribution < 1.29 is 9.21 Å². The van der Waals surface area contributed by atoms with E-state index in [-0.39, 0.29) is 11.3 Å². The van der Waals surface area contributed by atoms with E-state index in [1.165, 1.54) is 17.4 Å². The highest BCUT2D eigenvalue weighted by Crippen LogP contribution is 2.24. The lowest BCUT2D eigenvalue weighted by molar-refractivity contribution is 0.0786. The molecule has 1 aliphatic heterocycles. The van der Waals surface area contributed by atoms with E-state index in [2.05, 4.69) is 75.7 Å². The van der Waals surface area contributed by atoms with Gasteiger partial charge in [0, 0.05) is 25.7 Å². The Labute approximate surface area is 181 Å². The summed E-state index contributed by atoms with van der Waals surface area (Å²) in [4.78, 5) is 21.4. The highest BCUT2D eigenvalue weighted by atomic mass is 16.3. The van der Waals surface area contributed by atoms with Crippen LogP contribution >= 0.6 is 0 Å². The molecule has 30 heavy (non-hydrogen) atoms. The summed E-state index contributed by atoms with van der Waals surface area (Å²) in [5, 5.41) is 0. The highest BCUT2D eigenvalue weighted by molar-refractivity contribution is 5.92. The number of hydrogen-bond acceptors (Lipinski definition) is 4. The lowest BCUT2D eigenvalue weighted by Gasteiger charge is -2.31. The third kappa shape index (κ3) is 5.51. The van der Waals surface area contributed by atoms with Gasteiger partial charge in [-0.2, -0.15) is 0 Å². The fourth-order valence-electron chi connectivity index (χ4n) is 3.85. The first-order valence-electron chi connectivity index (χ1n) is 11.2. The van der Waals surface area contributed by atoms with Gasteiger partial charge < -0.3 is 9.32 Å². The van der Waals surface area contributed by atoms with Crippen LogP contribution in [0.2, 0.25) is 0 Å². The fourth-order valence-corrected chi connectivity index (χ4v) is 3.85. The molecular weight excluding hydrogens is 374 g/mol. The standard InChI is InChI=1S/C25H37N3O2/c1-18(2)19(3)28(15-20-9-11-21(12-10-20)25(4,5)6)16-23-26-22(17-30-23)24(29)27-13-7-8-14-27/h9-12,17-19H,7-8,13-16H2,1-6H3. The summed E-state index contributed by atoms with van der Waals surface area (Å²) >= 11 is 0. The molecule has 0 bridgehead atoms. The third-order valence-corrected chi connectivity index (χ3v) is 6.25. The summed E-state index contributed by atoms with van der Waals surface area (Å²) in [7, 11) is 0. The van der Waals surface area contributed by atoms with E-state index in [1.54, 1.807) is 0 Å². The van der Waals surface area contributed by atoms with Gasteiger partial charge in [0.25, 0.3) is 5.91 Å². The van der Waals surface area contributed by atoms with Crippen LogP contribution in [0.15, 0.2) is 34.9 Å². The molecule has 1 amide bonds. The Balaban J connectivity index is 1.72. The minimum absolute atomic E-state index is 0.0104. The molecule has 5 nitrogen and oxygen atoms in total. The van der Waals surface area contributed by atoms with Gasteiger partial charge in [-0.05, 0) is 42.2 Å². The van der Waals surface area contributed by atoms with Crippen molar-refractivity contribution in [2.24, 2.45) is 5.92 Å². The normalized spacial score (nSPS) is 15.9. The van der Waals surface area contributed by atoms with Crippen LogP contribution in [0.5, 0.6) is 0 Å². The topological polar surface area (TPSA) is 49.6 Å². The van der Waals surface area contributed by atoms with Gasteiger partial charge >= 0.3 is 0 Å². The molecule has 0 spiro atoms. The Kier molecular flexibility index (Phi) is 7.02. The molecule has 1 fully saturated rings. The van der Waals surface area contributed by atoms with Gasteiger partial charge in [-0.15, -0.1) is 0 Å². The van der Waals surface area contributed by atoms with Crippen molar-refractivity contribution in [1.82, 2.24) is 14.8 Å². The van der Waals surface area contributed by atoms with E-state index in [0.29, 0.717) is 30.1 Å². The van der Waals surface area contributed by atoms with E-state index < -0.39 is 0 Å². The van der Waals surface area contributed by atoms with Crippen LogP contribution in [0.1, 0.15) is 81.9 Å². The molecular formula is C25H37N3O2. The first kappa shape index (κ1) is 22.5. The van der Waals surface area contributed by atoms with Gasteiger partial charge in [0.2, 0.25) is 5.89 Å². The summed E-state index contributed by atoms with van der Waals surface area (Å²) in [5.74, 6) is 1.10. The average Bonchev–Trinajstić information content (AvgIpc) is 3.38. The van der Waals surface area contributed by atoms with Crippen LogP contribution in [-0.4, -0.2) is 39.8 Å². The van der Waals surface area contributed by atoms with Gasteiger partial charge in [0.15, 0.2) is 5.69 Å². The van der Waals surface area contributed by atoms with Crippen molar-refractivity contribution in [2.75, 3.05) is 13.1 Å². The second kappa shape index (κ2) is 9.34. The number of rotatable bonds is 7. The van der Waals surface area contributed by atoms with Gasteiger partial charge in [-0.25, -0.2) is 4.98 Å². The summed E-state index contributed by atoms with van der Waals surface area (Å²) < 4.78 is 5.71. The smallest absolute Gasteiger partial charge is 0.275 e. The first-order chi connectivity index (χ1) is 14.1. The van der Waals surface area contributed by atoms with Gasteiger partial charge in [-0.3, -0.25) is 9.69 Å². The Morgan fingerprint density at radius 2 is 1.73 bits per heavy atom. The zero-order valence-corrected chi connectivity index (χ0v) is 19.4. The number of aromatic nitrogens is 1. The second-order valence-corrected chi connectivity index (χ2v) is 9.96. The third-order valence-electron chi connectivity index (χ3n) is 6.25. The minimum atomic E-state index is -0.0104. The number of carbonyl (C=O) groups excluding carboxylic acids is 1. The summed E-state index contributed by atoms with van der Waals surface area (Å²) in [6, 6.07) is 9.26. The Morgan fingerprint density at radius 1 is 1.10 bits per heavy atom. The van der Waals surface area contributed by atoms with Gasteiger partial charge in [0.1, 0.15) is 6.26 Å². The van der Waals surface area contributed by atoms with Crippen molar-refractivity contribution in [3.8, 4) is 0 Å². The van der Waals surface area contributed by atoms with E-state index in [1.807, 2.05) is 4.90 Å². The molecule has 1 saturated heterocycles. The molecule has 3 rings (SSSR count). The van der Waals surface area contributed by atoms with Gasteiger partial charge in [-0.1, -0.05) is 58.9 Å². The van der Waals surface area contributed by atoms with E-state index in [0.717, 1.165) is 32.5 Å². The minimum Gasteiger partial charge on any atom is -0.447 e. The van der Waals surface area contributed by atoms with E-state index >= 15 is 0 Å². The zero-order chi connectivity index (χ0) is 21.9. The molecule has 0 radical (unpaired) electrons. The first-order valence-corrected chi connectivity index (χ1v) is 11.2. The number of nitrogens with zero attached hydrogens (tertiary/aromatic N) is 3. The maximum absolute atomic E-state index is 12.6. The number of carbonyl (C=O) groups is 1. The van der Waals surface area contributed by atoms with Crippen LogP contribution in [0, 0.1) is 5.92 Å². The van der Waals surface area contributed by atoms with Crippen LogP contribution in [-0.2, 0) is 18.5 Å². The molecule has 2 heterocycles. The number of oxazole rings is 1. The van der Waals surface area contributed by atoms with Crippen LogP contribution < -0.4 is 0 Å². The molecule has 0 saturated carbocycles. The van der Waals surface area contributed by atoms with Crippen molar-refractivity contribution in [3.05, 3.63) is 53.2 Å². The van der Waals surface area contributed by atoms with Gasteiger partial charge in [0.05, 0.1) is 6.54 Å². The number of amides is 1. The maximum atomic E-state index is 12.6. The molecule has 1 atom stereocenters. The monoisotopic (exact) mass is 411 g/mol. The highest BCUT2D eigenvalue weighted by Gasteiger charge is 2.25. The summed E-state index contributed by atoms with van der Waals surface area (Å²) in [6.07, 6.45) is 3.67. The maximum Gasteiger partial charge on any atom is 0.275 e. The number of hydrogen-bond donors (Lipinski definition) is 0. The molecule has 2 aromatic rings. The lowest BCUT2D eigenvalue weighted by atomic mass is 9.86. The SMILES string of the molecule is CC(C)C(C)N(Cc1ccc(C(C)(C)C)cc1)Cc1nc(C(=O)N2CCCC2)co1. The predicted octanol–water partition coefficient (Wildman–Crippen LogP) is 5.25. The lowest BCUT2D eigenvalue weighted by Crippen LogP contribution is -2.36. The average molecular weight is 412 g/mol. The van der Waals surface area contributed by atoms with Crippen LogP contribution in [0.3, 0.4) is 0 Å². The molecule has 1 unspecified atom stereocenters. The molecule has 5 heteroatoms. The Hall–Kier alpha value is -2.14. The fraction of sp³-hybridized carbons (Fsp3) is 0.600. The molecule has 164 valence electrons. The van der Waals surface area contributed by atoms with Crippen molar-refractivity contribution in [1.29, 1.82) is 0 Å². The summed E-state index contributed by atoms with van der Waals surface area (Å²) in [5.41, 5.74) is 3.20. The zero-order valence-electron chi connectivity index (χ0n) is 19.4. The van der Waals surface area contributed by atoms with Crippen LogP contribution in [0.25, 0.3) is 0 Å². The second-order valence-electron chi connectivity index (χ2n) is 9.96. The van der Waals surface area contributed by atoms with Crippen molar-refractivity contribution >= 4 is 5.91 Å². The Bertz CT molecular complexity index is 827. The van der Waals surface area contributed by atoms with E-state index in [9.17, 15) is 4.79 Å². The molecule has 1 aromatic carbocycles. The van der Waals surface area contributed by atoms with Crippen molar-refractivity contribution in [2.45, 2.75) is 78.9 Å². The molecule has 1 aromatic heterocycles. The van der Waals surface area contributed by atoms with E-state index in [4.69, 9.17) is 4.42 Å². The number of benzene rings is 1. The Morgan fingerprint density at radius 3 is 2.30 bits per heavy atom. The number of likely N-dealkylation sites (tertiary alicyclic amines) is 1. The van der Waals surface area contributed by atoms with Crippen LogP contribution in [0.4, 0.5) is 0 Å². The predicted molar refractivity (Wildman–Crippen MR) is 120 cm³/mol.